The van der Waals surface area contributed by atoms with E-state index in [1.54, 1.807) is 21.3 Å². The smallest absolute Gasteiger partial charge is 0.230 e. The van der Waals surface area contributed by atoms with Gasteiger partial charge < -0.3 is 29.2 Å². The third-order valence-corrected chi connectivity index (χ3v) is 8.74. The Morgan fingerprint density at radius 3 is 2.65 bits per heavy atom. The quantitative estimate of drug-likeness (QED) is 0.250. The molecule has 10 nitrogen and oxygen atoms in total. The van der Waals surface area contributed by atoms with Crippen LogP contribution < -0.4 is 19.7 Å². The van der Waals surface area contributed by atoms with Crippen LogP contribution in [0.2, 0.25) is 0 Å². The van der Waals surface area contributed by atoms with Crippen molar-refractivity contribution in [3.63, 3.8) is 0 Å². The normalized spacial score (nSPS) is 17.9. The molecule has 2 fully saturated rings. The summed E-state index contributed by atoms with van der Waals surface area (Å²) in [6, 6.07) is 14.0. The fraction of sp³-hybridized carbons (Fsp3) is 0.414. The molecule has 6 rings (SSSR count). The van der Waals surface area contributed by atoms with Crippen LogP contribution in [0.15, 0.2) is 47.5 Å². The molecule has 2 aliphatic rings. The van der Waals surface area contributed by atoms with Gasteiger partial charge in [0.05, 0.1) is 49.8 Å². The van der Waals surface area contributed by atoms with Crippen molar-refractivity contribution in [3.05, 3.63) is 42.5 Å². The second-order valence-corrected chi connectivity index (χ2v) is 11.2. The number of methoxy groups -OCH3 is 3. The Kier molecular flexibility index (Phi) is 7.94. The number of benzene rings is 2. The molecule has 40 heavy (non-hydrogen) atoms. The molecule has 1 unspecified atom stereocenters. The number of hydrogen-bond donors (Lipinski definition) is 2. The maximum Gasteiger partial charge on any atom is 0.230 e. The van der Waals surface area contributed by atoms with Gasteiger partial charge in [0.2, 0.25) is 5.95 Å². The molecule has 0 bridgehead atoms. The molecule has 1 atom stereocenters. The highest BCUT2D eigenvalue weighted by Gasteiger charge is 2.25. The van der Waals surface area contributed by atoms with E-state index in [0.29, 0.717) is 41.5 Å². The largest absolute Gasteiger partial charge is 0.493 e. The van der Waals surface area contributed by atoms with Gasteiger partial charge in [-0.05, 0) is 43.2 Å². The summed E-state index contributed by atoms with van der Waals surface area (Å²) in [5.74, 6) is 1.85. The highest BCUT2D eigenvalue weighted by atomic mass is 32.2. The number of H-pyrrole nitrogens is 1. The zero-order valence-electron chi connectivity index (χ0n) is 23.0. The van der Waals surface area contributed by atoms with Crippen molar-refractivity contribution in [3.8, 4) is 22.8 Å². The van der Waals surface area contributed by atoms with E-state index in [2.05, 4.69) is 26.5 Å². The minimum Gasteiger partial charge on any atom is -0.493 e. The predicted molar refractivity (Wildman–Crippen MR) is 157 cm³/mol. The molecule has 0 amide bonds. The van der Waals surface area contributed by atoms with Gasteiger partial charge in [-0.2, -0.15) is 10.1 Å². The predicted octanol–water partition coefficient (Wildman–Crippen LogP) is 5.62. The first-order valence-corrected chi connectivity index (χ1v) is 14.5. The first kappa shape index (κ1) is 26.7. The van der Waals surface area contributed by atoms with Gasteiger partial charge in [-0.1, -0.05) is 25.0 Å². The summed E-state index contributed by atoms with van der Waals surface area (Å²) in [5.41, 5.74) is 4.39. The topological polar surface area (TPSA) is 107 Å². The lowest BCUT2D eigenvalue weighted by atomic mass is 10.1. The summed E-state index contributed by atoms with van der Waals surface area (Å²) in [6.07, 6.45) is 4.61. The fourth-order valence-corrected chi connectivity index (χ4v) is 6.69. The number of anilines is 3. The maximum absolute atomic E-state index is 5.69. The number of morpholine rings is 1. The number of para-hydroxylation sites is 2. The number of thioether (sulfide) groups is 1. The molecular weight excluding hydrogens is 528 g/mol. The molecule has 3 heterocycles. The second kappa shape index (κ2) is 11.9. The molecule has 2 N–H and O–H groups in total. The Morgan fingerprint density at radius 1 is 1.02 bits per heavy atom. The SMILES string of the molecule is COc1ccc(-c2[nH]nc3nc(Nc4ccccc4N4CCOC(OC)C4)nc(SC4CCCC4)c23)cc1OC. The zero-order chi connectivity index (χ0) is 27.5. The number of fused-ring (bicyclic) bond motifs is 1. The molecule has 1 aliphatic carbocycles. The van der Waals surface area contributed by atoms with E-state index in [1.807, 2.05) is 48.2 Å². The molecule has 0 radical (unpaired) electrons. The summed E-state index contributed by atoms with van der Waals surface area (Å²) < 4.78 is 22.1. The molecule has 2 aromatic carbocycles. The van der Waals surface area contributed by atoms with Crippen molar-refractivity contribution in [1.29, 1.82) is 0 Å². The highest BCUT2D eigenvalue weighted by Crippen LogP contribution is 2.41. The number of nitrogens with one attached hydrogen (secondary N) is 2. The van der Waals surface area contributed by atoms with Crippen LogP contribution in [0.25, 0.3) is 22.3 Å². The van der Waals surface area contributed by atoms with Crippen molar-refractivity contribution in [2.24, 2.45) is 0 Å². The Balaban J connectivity index is 1.38. The molecule has 2 aromatic heterocycles. The van der Waals surface area contributed by atoms with E-state index in [0.717, 1.165) is 39.6 Å². The molecule has 0 spiro atoms. The molecular formula is C29H34N6O4S. The minimum absolute atomic E-state index is 0.261. The molecule has 1 saturated carbocycles. The van der Waals surface area contributed by atoms with E-state index in [1.165, 1.54) is 25.7 Å². The van der Waals surface area contributed by atoms with Gasteiger partial charge in [-0.15, -0.1) is 11.8 Å². The average Bonchev–Trinajstić information content (AvgIpc) is 3.67. The molecule has 1 aliphatic heterocycles. The Bertz CT molecular complexity index is 1470. The van der Waals surface area contributed by atoms with Crippen molar-refractivity contribution >= 4 is 40.1 Å². The van der Waals surface area contributed by atoms with Gasteiger partial charge >= 0.3 is 0 Å². The van der Waals surface area contributed by atoms with E-state index in [9.17, 15) is 0 Å². The lowest BCUT2D eigenvalue weighted by Crippen LogP contribution is -2.43. The Labute approximate surface area is 237 Å². The van der Waals surface area contributed by atoms with Gasteiger partial charge in [-0.25, -0.2) is 4.98 Å². The Hall–Kier alpha value is -3.54. The van der Waals surface area contributed by atoms with Gasteiger partial charge in [0.15, 0.2) is 23.4 Å². The number of ether oxygens (including phenoxy) is 4. The number of aromatic nitrogens is 4. The summed E-state index contributed by atoms with van der Waals surface area (Å²) in [5, 5.41) is 13.7. The van der Waals surface area contributed by atoms with Crippen LogP contribution in [-0.2, 0) is 9.47 Å². The summed E-state index contributed by atoms with van der Waals surface area (Å²) in [4.78, 5) is 12.2. The second-order valence-electron chi connectivity index (χ2n) is 9.87. The van der Waals surface area contributed by atoms with Gasteiger partial charge in [0, 0.05) is 24.5 Å². The van der Waals surface area contributed by atoms with Crippen LogP contribution in [0.5, 0.6) is 11.5 Å². The van der Waals surface area contributed by atoms with E-state index in [-0.39, 0.29) is 6.29 Å². The number of hydrogen-bond acceptors (Lipinski definition) is 10. The van der Waals surface area contributed by atoms with Crippen molar-refractivity contribution in [2.75, 3.05) is 51.2 Å². The first-order chi connectivity index (χ1) is 19.7. The van der Waals surface area contributed by atoms with Crippen LogP contribution in [0.1, 0.15) is 25.7 Å². The van der Waals surface area contributed by atoms with Gasteiger partial charge in [-0.3, -0.25) is 5.10 Å². The van der Waals surface area contributed by atoms with Crippen LogP contribution in [-0.4, -0.2) is 72.7 Å². The summed E-state index contributed by atoms with van der Waals surface area (Å²) >= 11 is 1.82. The van der Waals surface area contributed by atoms with Crippen LogP contribution in [0, 0.1) is 0 Å². The van der Waals surface area contributed by atoms with E-state index < -0.39 is 0 Å². The van der Waals surface area contributed by atoms with Gasteiger partial charge in [0.25, 0.3) is 0 Å². The summed E-state index contributed by atoms with van der Waals surface area (Å²) in [6.45, 7) is 2.02. The number of rotatable bonds is 9. The van der Waals surface area contributed by atoms with E-state index >= 15 is 0 Å². The highest BCUT2D eigenvalue weighted by molar-refractivity contribution is 8.00. The van der Waals surface area contributed by atoms with Crippen LogP contribution >= 0.6 is 11.8 Å². The summed E-state index contributed by atoms with van der Waals surface area (Å²) in [7, 11) is 4.94. The average molecular weight is 563 g/mol. The third kappa shape index (κ3) is 5.41. The van der Waals surface area contributed by atoms with E-state index in [4.69, 9.17) is 28.9 Å². The van der Waals surface area contributed by atoms with Crippen LogP contribution in [0.3, 0.4) is 0 Å². The number of aromatic amines is 1. The fourth-order valence-electron chi connectivity index (χ4n) is 5.35. The van der Waals surface area contributed by atoms with Crippen molar-refractivity contribution in [1.82, 2.24) is 20.2 Å². The lowest BCUT2D eigenvalue weighted by molar-refractivity contribution is -0.128. The molecule has 1 saturated heterocycles. The zero-order valence-corrected chi connectivity index (χ0v) is 23.8. The standard InChI is InChI=1S/C29H34N6O4S/c1-36-22-13-12-18(16-23(22)37-2)26-25-27(34-33-26)31-29(32-28(25)40-19-8-4-5-9-19)30-20-10-6-7-11-21(20)35-14-15-39-24(17-35)38-3/h6-7,10-13,16,19,24H,4-5,8-9,14-15,17H2,1-3H3,(H2,30,31,32,33,34). The first-order valence-electron chi connectivity index (χ1n) is 13.6. The minimum atomic E-state index is -0.261. The maximum atomic E-state index is 5.69. The Morgan fingerprint density at radius 2 is 1.85 bits per heavy atom. The molecule has 4 aromatic rings. The monoisotopic (exact) mass is 562 g/mol. The molecule has 210 valence electrons. The van der Waals surface area contributed by atoms with Crippen LogP contribution in [0.4, 0.5) is 17.3 Å². The lowest BCUT2D eigenvalue weighted by Gasteiger charge is -2.34. The van der Waals surface area contributed by atoms with Crippen molar-refractivity contribution in [2.45, 2.75) is 42.2 Å². The number of nitrogens with zero attached hydrogens (tertiary/aromatic N) is 4. The van der Waals surface area contributed by atoms with Gasteiger partial charge in [0.1, 0.15) is 5.03 Å². The third-order valence-electron chi connectivity index (χ3n) is 7.42. The molecule has 11 heteroatoms. The van der Waals surface area contributed by atoms with Crippen molar-refractivity contribution < 1.29 is 18.9 Å².